The van der Waals surface area contributed by atoms with Gasteiger partial charge in [-0.2, -0.15) is 0 Å². The van der Waals surface area contributed by atoms with Crippen LogP contribution >= 0.6 is 0 Å². The van der Waals surface area contributed by atoms with Crippen LogP contribution in [-0.4, -0.2) is 62.0 Å². The zero-order chi connectivity index (χ0) is 16.4. The van der Waals surface area contributed by atoms with Gasteiger partial charge in [0.1, 0.15) is 0 Å². The molecular formula is C20H30N2O2. The Balaban J connectivity index is 1.50. The molecule has 1 atom stereocenters. The maximum atomic E-state index is 5.93. The number of rotatable bonds is 3. The average molecular weight is 330 g/mol. The van der Waals surface area contributed by atoms with Crippen LogP contribution in [-0.2, 0) is 9.47 Å². The molecule has 0 aromatic heterocycles. The van der Waals surface area contributed by atoms with Crippen molar-refractivity contribution in [2.24, 2.45) is 5.92 Å². The molecule has 1 aromatic carbocycles. The molecule has 132 valence electrons. The summed E-state index contributed by atoms with van der Waals surface area (Å²) in [6, 6.07) is 11.7. The van der Waals surface area contributed by atoms with Crippen LogP contribution in [0.2, 0.25) is 0 Å². The van der Waals surface area contributed by atoms with Gasteiger partial charge in [0.15, 0.2) is 5.79 Å². The summed E-state index contributed by atoms with van der Waals surface area (Å²) in [5.41, 5.74) is 1.48. The Morgan fingerprint density at radius 3 is 2.21 bits per heavy atom. The van der Waals surface area contributed by atoms with E-state index in [1.54, 1.807) is 0 Å². The van der Waals surface area contributed by atoms with Gasteiger partial charge in [0.2, 0.25) is 0 Å². The highest BCUT2D eigenvalue weighted by Crippen LogP contribution is 2.44. The summed E-state index contributed by atoms with van der Waals surface area (Å²) in [7, 11) is 2.23. The standard InChI is InChI=1S/C20H30N2O2/c1-21-11-13-22(14-12-21)19(17-5-3-2-4-6-17)18-7-9-20(10-8-18)23-15-16-24-20/h2-6,18-19H,7-16H2,1H3. The molecule has 3 fully saturated rings. The largest absolute Gasteiger partial charge is 0.348 e. The van der Waals surface area contributed by atoms with E-state index in [2.05, 4.69) is 47.2 Å². The maximum absolute atomic E-state index is 5.93. The fourth-order valence-corrected chi connectivity index (χ4v) is 4.71. The minimum Gasteiger partial charge on any atom is -0.348 e. The van der Waals surface area contributed by atoms with Gasteiger partial charge in [-0.3, -0.25) is 4.90 Å². The van der Waals surface area contributed by atoms with E-state index in [0.717, 1.165) is 26.1 Å². The van der Waals surface area contributed by atoms with Gasteiger partial charge in [-0.15, -0.1) is 0 Å². The normalized spacial score (nSPS) is 27.5. The molecule has 0 amide bonds. The molecule has 3 aliphatic rings. The van der Waals surface area contributed by atoms with E-state index in [0.29, 0.717) is 12.0 Å². The summed E-state index contributed by atoms with van der Waals surface area (Å²) in [4.78, 5) is 5.16. The number of ether oxygens (including phenoxy) is 2. The van der Waals surface area contributed by atoms with E-state index >= 15 is 0 Å². The first-order chi connectivity index (χ1) is 11.8. The Bertz CT molecular complexity index is 512. The third-order valence-corrected chi connectivity index (χ3v) is 6.12. The Kier molecular flexibility index (Phi) is 4.90. The molecule has 0 radical (unpaired) electrons. The highest BCUT2D eigenvalue weighted by atomic mass is 16.7. The molecule has 24 heavy (non-hydrogen) atoms. The Labute approximate surface area is 145 Å². The molecule has 0 bridgehead atoms. The number of benzene rings is 1. The summed E-state index contributed by atoms with van der Waals surface area (Å²) in [6.45, 7) is 6.23. The Morgan fingerprint density at radius 2 is 1.58 bits per heavy atom. The molecule has 4 heteroatoms. The number of hydrogen-bond donors (Lipinski definition) is 0. The molecular weight excluding hydrogens is 300 g/mol. The molecule has 1 aliphatic carbocycles. The van der Waals surface area contributed by atoms with E-state index < -0.39 is 0 Å². The fourth-order valence-electron chi connectivity index (χ4n) is 4.71. The van der Waals surface area contributed by atoms with E-state index in [-0.39, 0.29) is 5.79 Å². The summed E-state index contributed by atoms with van der Waals surface area (Å²) >= 11 is 0. The molecule has 2 saturated heterocycles. The molecule has 4 nitrogen and oxygen atoms in total. The topological polar surface area (TPSA) is 24.9 Å². The first-order valence-electron chi connectivity index (χ1n) is 9.51. The van der Waals surface area contributed by atoms with E-state index in [4.69, 9.17) is 9.47 Å². The van der Waals surface area contributed by atoms with Gasteiger partial charge >= 0.3 is 0 Å². The number of hydrogen-bond acceptors (Lipinski definition) is 4. The summed E-state index contributed by atoms with van der Waals surface area (Å²) < 4.78 is 11.9. The lowest BCUT2D eigenvalue weighted by atomic mass is 9.77. The lowest BCUT2D eigenvalue weighted by Crippen LogP contribution is -2.48. The molecule has 0 N–H and O–H groups in total. The van der Waals surface area contributed by atoms with Crippen LogP contribution < -0.4 is 0 Å². The molecule has 1 spiro atoms. The minimum atomic E-state index is -0.250. The summed E-state index contributed by atoms with van der Waals surface area (Å²) in [5.74, 6) is 0.453. The van der Waals surface area contributed by atoms with Crippen molar-refractivity contribution >= 4 is 0 Å². The quantitative estimate of drug-likeness (QED) is 0.851. The van der Waals surface area contributed by atoms with Crippen LogP contribution in [0.4, 0.5) is 0 Å². The number of nitrogens with zero attached hydrogens (tertiary/aromatic N) is 2. The van der Waals surface area contributed by atoms with Gasteiger partial charge in [0, 0.05) is 45.1 Å². The molecule has 4 rings (SSSR count). The molecule has 2 heterocycles. The van der Waals surface area contributed by atoms with Crippen molar-refractivity contribution in [3.8, 4) is 0 Å². The predicted octanol–water partition coefficient (Wildman–Crippen LogP) is 2.91. The smallest absolute Gasteiger partial charge is 0.168 e. The van der Waals surface area contributed by atoms with E-state index in [9.17, 15) is 0 Å². The van der Waals surface area contributed by atoms with Crippen molar-refractivity contribution < 1.29 is 9.47 Å². The second-order valence-electron chi connectivity index (χ2n) is 7.64. The van der Waals surface area contributed by atoms with Gasteiger partial charge in [-0.25, -0.2) is 0 Å². The second-order valence-corrected chi connectivity index (χ2v) is 7.64. The third kappa shape index (κ3) is 3.38. The van der Waals surface area contributed by atoms with Crippen LogP contribution in [0.3, 0.4) is 0 Å². The van der Waals surface area contributed by atoms with Crippen molar-refractivity contribution in [1.29, 1.82) is 0 Å². The van der Waals surface area contributed by atoms with Crippen LogP contribution in [0.25, 0.3) is 0 Å². The van der Waals surface area contributed by atoms with Crippen LogP contribution in [0.5, 0.6) is 0 Å². The van der Waals surface area contributed by atoms with Crippen molar-refractivity contribution in [2.45, 2.75) is 37.5 Å². The Morgan fingerprint density at radius 1 is 0.958 bits per heavy atom. The maximum Gasteiger partial charge on any atom is 0.168 e. The lowest BCUT2D eigenvalue weighted by Gasteiger charge is -2.45. The van der Waals surface area contributed by atoms with Crippen molar-refractivity contribution in [2.75, 3.05) is 46.4 Å². The molecule has 1 saturated carbocycles. The SMILES string of the molecule is CN1CCN(C(c2ccccc2)C2CCC3(CC2)OCCO3)CC1. The van der Waals surface area contributed by atoms with Gasteiger partial charge in [-0.05, 0) is 31.4 Å². The van der Waals surface area contributed by atoms with Crippen molar-refractivity contribution in [3.05, 3.63) is 35.9 Å². The highest BCUT2D eigenvalue weighted by Gasteiger charge is 2.43. The summed E-state index contributed by atoms with van der Waals surface area (Å²) in [5, 5.41) is 0. The van der Waals surface area contributed by atoms with Gasteiger partial charge in [-0.1, -0.05) is 30.3 Å². The molecule has 1 unspecified atom stereocenters. The molecule has 1 aromatic rings. The number of piperazine rings is 1. The Hall–Kier alpha value is -0.940. The predicted molar refractivity (Wildman–Crippen MR) is 94.8 cm³/mol. The van der Waals surface area contributed by atoms with Gasteiger partial charge in [0.05, 0.1) is 13.2 Å². The zero-order valence-electron chi connectivity index (χ0n) is 14.8. The van der Waals surface area contributed by atoms with Crippen molar-refractivity contribution in [3.63, 3.8) is 0 Å². The first-order valence-corrected chi connectivity index (χ1v) is 9.51. The fraction of sp³-hybridized carbons (Fsp3) is 0.700. The third-order valence-electron chi connectivity index (χ3n) is 6.12. The van der Waals surface area contributed by atoms with Crippen LogP contribution in [0, 0.1) is 5.92 Å². The monoisotopic (exact) mass is 330 g/mol. The highest BCUT2D eigenvalue weighted by molar-refractivity contribution is 5.20. The molecule has 2 aliphatic heterocycles. The van der Waals surface area contributed by atoms with Crippen LogP contribution in [0.1, 0.15) is 37.3 Å². The number of likely N-dealkylation sites (N-methyl/N-ethyl adjacent to an activating group) is 1. The average Bonchev–Trinajstić information content (AvgIpc) is 3.08. The van der Waals surface area contributed by atoms with Gasteiger partial charge in [0.25, 0.3) is 0 Å². The second kappa shape index (κ2) is 7.12. The minimum absolute atomic E-state index is 0.250. The van der Waals surface area contributed by atoms with E-state index in [1.165, 1.54) is 44.6 Å². The van der Waals surface area contributed by atoms with Crippen LogP contribution in [0.15, 0.2) is 30.3 Å². The van der Waals surface area contributed by atoms with Gasteiger partial charge < -0.3 is 14.4 Å². The zero-order valence-corrected chi connectivity index (χ0v) is 14.8. The lowest BCUT2D eigenvalue weighted by molar-refractivity contribution is -0.185. The first kappa shape index (κ1) is 16.5. The van der Waals surface area contributed by atoms with Crippen molar-refractivity contribution in [1.82, 2.24) is 9.80 Å². The van der Waals surface area contributed by atoms with E-state index in [1.807, 2.05) is 0 Å². The summed E-state index contributed by atoms with van der Waals surface area (Å²) in [6.07, 6.45) is 4.50.